The third-order valence-corrected chi connectivity index (χ3v) is 4.06. The zero-order valence-electron chi connectivity index (χ0n) is 11.9. The van der Waals surface area contributed by atoms with Gasteiger partial charge >= 0.3 is 6.01 Å². The Hall–Kier alpha value is -1.10. The zero-order chi connectivity index (χ0) is 13.2. The standard InChI is InChI=1S/C14H24N4O/c1-3-8-15-9(2)13-17-18-14(19-13)16-12(10-4-5-10)11-6-7-11/h9-12,15H,3-8H2,1-2H3,(H,16,18). The van der Waals surface area contributed by atoms with E-state index < -0.39 is 0 Å². The third-order valence-electron chi connectivity index (χ3n) is 4.06. The van der Waals surface area contributed by atoms with Crippen LogP contribution in [-0.4, -0.2) is 22.8 Å². The van der Waals surface area contributed by atoms with Gasteiger partial charge in [0.05, 0.1) is 6.04 Å². The fourth-order valence-electron chi connectivity index (χ4n) is 2.59. The van der Waals surface area contributed by atoms with Crippen molar-refractivity contribution in [3.63, 3.8) is 0 Å². The van der Waals surface area contributed by atoms with Crippen molar-refractivity contribution < 1.29 is 4.42 Å². The van der Waals surface area contributed by atoms with Crippen LogP contribution in [0.1, 0.15) is 57.9 Å². The monoisotopic (exact) mass is 264 g/mol. The van der Waals surface area contributed by atoms with Crippen molar-refractivity contribution in [1.82, 2.24) is 15.5 Å². The van der Waals surface area contributed by atoms with Crippen molar-refractivity contribution in [3.05, 3.63) is 5.89 Å². The molecular formula is C14H24N4O. The summed E-state index contributed by atoms with van der Waals surface area (Å²) in [4.78, 5) is 0. The lowest BCUT2D eigenvalue weighted by atomic mass is 10.1. The fourth-order valence-corrected chi connectivity index (χ4v) is 2.59. The first-order valence-electron chi connectivity index (χ1n) is 7.61. The van der Waals surface area contributed by atoms with Crippen LogP contribution >= 0.6 is 0 Å². The molecule has 0 saturated heterocycles. The molecule has 0 aromatic carbocycles. The van der Waals surface area contributed by atoms with E-state index in [9.17, 15) is 0 Å². The van der Waals surface area contributed by atoms with E-state index in [0.717, 1.165) is 24.8 Å². The van der Waals surface area contributed by atoms with Gasteiger partial charge in [0.2, 0.25) is 5.89 Å². The summed E-state index contributed by atoms with van der Waals surface area (Å²) in [5.74, 6) is 2.35. The summed E-state index contributed by atoms with van der Waals surface area (Å²) in [5, 5.41) is 15.1. The number of anilines is 1. The van der Waals surface area contributed by atoms with Gasteiger partial charge in [0.25, 0.3) is 0 Å². The molecule has 19 heavy (non-hydrogen) atoms. The minimum Gasteiger partial charge on any atom is -0.406 e. The van der Waals surface area contributed by atoms with Gasteiger partial charge in [-0.05, 0) is 57.4 Å². The Balaban J connectivity index is 1.57. The maximum atomic E-state index is 5.73. The molecule has 0 aliphatic heterocycles. The lowest BCUT2D eigenvalue weighted by Crippen LogP contribution is -2.24. The first kappa shape index (κ1) is 12.9. The molecule has 2 N–H and O–H groups in total. The van der Waals surface area contributed by atoms with Crippen LogP contribution in [0.15, 0.2) is 4.42 Å². The van der Waals surface area contributed by atoms with Crippen molar-refractivity contribution in [2.75, 3.05) is 11.9 Å². The second-order valence-electron chi connectivity index (χ2n) is 5.97. The largest absolute Gasteiger partial charge is 0.406 e. The Morgan fingerprint density at radius 1 is 1.21 bits per heavy atom. The Kier molecular flexibility index (Phi) is 3.73. The third kappa shape index (κ3) is 3.26. The smallest absolute Gasteiger partial charge is 0.315 e. The minimum atomic E-state index is 0.128. The predicted octanol–water partition coefficient (Wildman–Crippen LogP) is 2.73. The minimum absolute atomic E-state index is 0.128. The van der Waals surface area contributed by atoms with E-state index in [0.29, 0.717) is 17.9 Å². The highest BCUT2D eigenvalue weighted by Crippen LogP contribution is 2.45. The summed E-state index contributed by atoms with van der Waals surface area (Å²) in [6.45, 7) is 5.18. The van der Waals surface area contributed by atoms with E-state index in [1.165, 1.54) is 25.7 Å². The van der Waals surface area contributed by atoms with E-state index in [1.54, 1.807) is 0 Å². The molecule has 1 unspecified atom stereocenters. The Bertz CT molecular complexity index is 399. The summed E-state index contributed by atoms with van der Waals surface area (Å²) < 4.78 is 5.73. The first-order valence-corrected chi connectivity index (χ1v) is 7.61. The van der Waals surface area contributed by atoms with Gasteiger partial charge in [-0.3, -0.25) is 0 Å². The van der Waals surface area contributed by atoms with E-state index >= 15 is 0 Å². The molecule has 0 bridgehead atoms. The molecule has 2 aliphatic rings. The summed E-state index contributed by atoms with van der Waals surface area (Å²) >= 11 is 0. The molecule has 0 spiro atoms. The van der Waals surface area contributed by atoms with Gasteiger partial charge in [-0.1, -0.05) is 12.0 Å². The number of hydrogen-bond donors (Lipinski definition) is 2. The van der Waals surface area contributed by atoms with Crippen molar-refractivity contribution >= 4 is 6.01 Å². The van der Waals surface area contributed by atoms with Crippen molar-refractivity contribution in [2.24, 2.45) is 11.8 Å². The lowest BCUT2D eigenvalue weighted by molar-refractivity contribution is 0.416. The SMILES string of the molecule is CCCNC(C)c1nnc(NC(C2CC2)C2CC2)o1. The molecule has 106 valence electrons. The van der Waals surface area contributed by atoms with E-state index in [-0.39, 0.29) is 6.04 Å². The second kappa shape index (κ2) is 5.49. The highest BCUT2D eigenvalue weighted by molar-refractivity contribution is 5.23. The predicted molar refractivity (Wildman–Crippen MR) is 73.9 cm³/mol. The van der Waals surface area contributed by atoms with Gasteiger partial charge in [-0.25, -0.2) is 0 Å². The summed E-state index contributed by atoms with van der Waals surface area (Å²) in [6, 6.07) is 1.29. The van der Waals surface area contributed by atoms with Gasteiger partial charge in [0.1, 0.15) is 0 Å². The molecule has 1 atom stereocenters. The molecule has 2 fully saturated rings. The molecule has 1 aromatic heterocycles. The lowest BCUT2D eigenvalue weighted by Gasteiger charge is -2.15. The van der Waals surface area contributed by atoms with Crippen LogP contribution in [0.5, 0.6) is 0 Å². The molecule has 5 heteroatoms. The maximum absolute atomic E-state index is 5.73. The Labute approximate surface area is 114 Å². The normalized spacial score (nSPS) is 20.8. The van der Waals surface area contributed by atoms with Crippen LogP contribution in [0.25, 0.3) is 0 Å². The van der Waals surface area contributed by atoms with Gasteiger partial charge in [-0.15, -0.1) is 5.10 Å². The number of nitrogens with zero attached hydrogens (tertiary/aromatic N) is 2. The summed E-state index contributed by atoms with van der Waals surface area (Å²) in [6.07, 6.45) is 6.51. The highest BCUT2D eigenvalue weighted by atomic mass is 16.4. The van der Waals surface area contributed by atoms with E-state index in [1.807, 2.05) is 0 Å². The van der Waals surface area contributed by atoms with Crippen molar-refractivity contribution in [3.8, 4) is 0 Å². The van der Waals surface area contributed by atoms with E-state index in [2.05, 4.69) is 34.7 Å². The average molecular weight is 264 g/mol. The molecule has 0 radical (unpaired) electrons. The van der Waals surface area contributed by atoms with Crippen LogP contribution in [0.2, 0.25) is 0 Å². The number of hydrogen-bond acceptors (Lipinski definition) is 5. The molecule has 5 nitrogen and oxygen atoms in total. The zero-order valence-corrected chi connectivity index (χ0v) is 11.9. The van der Waals surface area contributed by atoms with Crippen LogP contribution in [0, 0.1) is 11.8 Å². The highest BCUT2D eigenvalue weighted by Gasteiger charge is 2.42. The second-order valence-corrected chi connectivity index (χ2v) is 5.97. The van der Waals surface area contributed by atoms with Crippen LogP contribution in [0.4, 0.5) is 6.01 Å². The number of rotatable bonds is 8. The van der Waals surface area contributed by atoms with Crippen molar-refractivity contribution in [2.45, 2.75) is 58.0 Å². The number of nitrogens with one attached hydrogen (secondary N) is 2. The molecule has 2 saturated carbocycles. The average Bonchev–Trinajstić information content (AvgIpc) is 3.33. The van der Waals surface area contributed by atoms with Gasteiger partial charge in [0.15, 0.2) is 0 Å². The topological polar surface area (TPSA) is 63.0 Å². The molecule has 0 amide bonds. The van der Waals surface area contributed by atoms with Gasteiger partial charge < -0.3 is 15.1 Å². The molecule has 3 rings (SSSR count). The number of aromatic nitrogens is 2. The molecule has 2 aliphatic carbocycles. The molecule has 1 aromatic rings. The van der Waals surface area contributed by atoms with Crippen molar-refractivity contribution in [1.29, 1.82) is 0 Å². The maximum Gasteiger partial charge on any atom is 0.315 e. The fraction of sp³-hybridized carbons (Fsp3) is 0.857. The van der Waals surface area contributed by atoms with Crippen LogP contribution in [0.3, 0.4) is 0 Å². The van der Waals surface area contributed by atoms with Crippen LogP contribution < -0.4 is 10.6 Å². The van der Waals surface area contributed by atoms with Crippen LogP contribution in [-0.2, 0) is 0 Å². The first-order chi connectivity index (χ1) is 9.28. The van der Waals surface area contributed by atoms with Gasteiger partial charge in [-0.2, -0.15) is 0 Å². The van der Waals surface area contributed by atoms with Gasteiger partial charge in [0, 0.05) is 6.04 Å². The quantitative estimate of drug-likeness (QED) is 0.756. The Morgan fingerprint density at radius 2 is 1.89 bits per heavy atom. The molecule has 1 heterocycles. The summed E-state index contributed by atoms with van der Waals surface area (Å²) in [7, 11) is 0. The Morgan fingerprint density at radius 3 is 2.47 bits per heavy atom. The molecular weight excluding hydrogens is 240 g/mol. The van der Waals surface area contributed by atoms with E-state index in [4.69, 9.17) is 4.42 Å². The summed E-state index contributed by atoms with van der Waals surface area (Å²) in [5.41, 5.74) is 0.